The molecule has 2 aromatic heterocycles. The molecule has 0 aromatic carbocycles. The van der Waals surface area contributed by atoms with E-state index in [2.05, 4.69) is 35.3 Å². The summed E-state index contributed by atoms with van der Waals surface area (Å²) < 4.78 is 2.22. The topological polar surface area (TPSA) is 30.7 Å². The SMILES string of the molecule is CC(Cl)c1nc2cnccc2n1CCC(C)(C)C. The molecule has 0 saturated carbocycles. The summed E-state index contributed by atoms with van der Waals surface area (Å²) >= 11 is 6.23. The van der Waals surface area contributed by atoms with E-state index in [1.165, 1.54) is 0 Å². The summed E-state index contributed by atoms with van der Waals surface area (Å²) in [4.78, 5) is 8.70. The maximum absolute atomic E-state index is 6.23. The molecule has 2 heterocycles. The zero-order valence-corrected chi connectivity index (χ0v) is 12.2. The van der Waals surface area contributed by atoms with E-state index in [1.54, 1.807) is 12.4 Å². The van der Waals surface area contributed by atoms with E-state index in [0.717, 1.165) is 29.8 Å². The van der Waals surface area contributed by atoms with E-state index in [4.69, 9.17) is 11.6 Å². The van der Waals surface area contributed by atoms with Crippen molar-refractivity contribution in [2.45, 2.75) is 46.0 Å². The molecule has 0 amide bonds. The van der Waals surface area contributed by atoms with Gasteiger partial charge in [-0.15, -0.1) is 11.6 Å². The van der Waals surface area contributed by atoms with Crippen LogP contribution in [0.3, 0.4) is 0 Å². The van der Waals surface area contributed by atoms with Crippen molar-refractivity contribution in [3.05, 3.63) is 24.3 Å². The molecule has 0 aliphatic carbocycles. The molecule has 3 nitrogen and oxygen atoms in total. The number of nitrogens with zero attached hydrogens (tertiary/aromatic N) is 3. The fraction of sp³-hybridized carbons (Fsp3) is 0.571. The second kappa shape index (κ2) is 4.88. The highest BCUT2D eigenvalue weighted by Gasteiger charge is 2.17. The number of aryl methyl sites for hydroxylation is 1. The van der Waals surface area contributed by atoms with Crippen LogP contribution in [-0.2, 0) is 6.54 Å². The van der Waals surface area contributed by atoms with Crippen molar-refractivity contribution in [3.8, 4) is 0 Å². The first-order valence-electron chi connectivity index (χ1n) is 6.33. The number of alkyl halides is 1. The molecule has 1 atom stereocenters. The van der Waals surface area contributed by atoms with Crippen LogP contribution in [0, 0.1) is 5.41 Å². The average molecular weight is 266 g/mol. The minimum absolute atomic E-state index is 0.0858. The van der Waals surface area contributed by atoms with E-state index >= 15 is 0 Å². The van der Waals surface area contributed by atoms with Gasteiger partial charge in [0.05, 0.1) is 17.1 Å². The van der Waals surface area contributed by atoms with Gasteiger partial charge < -0.3 is 4.57 Å². The quantitative estimate of drug-likeness (QED) is 0.780. The van der Waals surface area contributed by atoms with Gasteiger partial charge in [0.1, 0.15) is 11.3 Å². The van der Waals surface area contributed by atoms with E-state index in [1.807, 2.05) is 13.0 Å². The maximum Gasteiger partial charge on any atom is 0.127 e. The summed E-state index contributed by atoms with van der Waals surface area (Å²) in [5.74, 6) is 0.934. The summed E-state index contributed by atoms with van der Waals surface area (Å²) in [6.45, 7) is 9.65. The Balaban J connectivity index is 2.42. The summed E-state index contributed by atoms with van der Waals surface area (Å²) in [6, 6.07) is 2.01. The van der Waals surface area contributed by atoms with Gasteiger partial charge in [-0.1, -0.05) is 20.8 Å². The van der Waals surface area contributed by atoms with Gasteiger partial charge in [-0.05, 0) is 24.8 Å². The number of hydrogen-bond acceptors (Lipinski definition) is 2. The van der Waals surface area contributed by atoms with Gasteiger partial charge in [0.25, 0.3) is 0 Å². The summed E-state index contributed by atoms with van der Waals surface area (Å²) in [6.07, 6.45) is 4.70. The van der Waals surface area contributed by atoms with Crippen molar-refractivity contribution in [2.24, 2.45) is 5.41 Å². The first-order chi connectivity index (χ1) is 8.38. The second-order valence-corrected chi connectivity index (χ2v) is 6.57. The molecule has 98 valence electrons. The van der Waals surface area contributed by atoms with Gasteiger partial charge in [-0.25, -0.2) is 4.98 Å². The Bertz CT molecular complexity index is 537. The Labute approximate surface area is 113 Å². The van der Waals surface area contributed by atoms with Crippen molar-refractivity contribution in [1.82, 2.24) is 14.5 Å². The minimum atomic E-state index is -0.0858. The van der Waals surface area contributed by atoms with Crippen LogP contribution in [0.15, 0.2) is 18.5 Å². The van der Waals surface area contributed by atoms with Crippen molar-refractivity contribution in [2.75, 3.05) is 0 Å². The lowest BCUT2D eigenvalue weighted by molar-refractivity contribution is 0.350. The summed E-state index contributed by atoms with van der Waals surface area (Å²) in [5, 5.41) is -0.0858. The standard InChI is InChI=1S/C14H20ClN3/c1-10(15)13-17-11-9-16-7-5-12(11)18(13)8-6-14(2,3)4/h5,7,9-10H,6,8H2,1-4H3. The number of imidazole rings is 1. The van der Waals surface area contributed by atoms with Crippen LogP contribution < -0.4 is 0 Å². The van der Waals surface area contributed by atoms with Gasteiger partial charge in [0.2, 0.25) is 0 Å². The van der Waals surface area contributed by atoms with Gasteiger partial charge >= 0.3 is 0 Å². The van der Waals surface area contributed by atoms with Crippen LogP contribution in [0.4, 0.5) is 0 Å². The Morgan fingerprint density at radius 1 is 1.39 bits per heavy atom. The predicted molar refractivity (Wildman–Crippen MR) is 75.9 cm³/mol. The Morgan fingerprint density at radius 2 is 2.11 bits per heavy atom. The Morgan fingerprint density at radius 3 is 2.72 bits per heavy atom. The smallest absolute Gasteiger partial charge is 0.127 e. The van der Waals surface area contributed by atoms with Crippen molar-refractivity contribution in [1.29, 1.82) is 0 Å². The van der Waals surface area contributed by atoms with E-state index in [0.29, 0.717) is 5.41 Å². The molecule has 2 aromatic rings. The lowest BCUT2D eigenvalue weighted by atomic mass is 9.92. The van der Waals surface area contributed by atoms with Gasteiger partial charge in [0, 0.05) is 12.7 Å². The molecule has 0 aliphatic heterocycles. The van der Waals surface area contributed by atoms with Crippen LogP contribution in [0.5, 0.6) is 0 Å². The molecule has 0 fully saturated rings. The average Bonchev–Trinajstić information content (AvgIpc) is 2.64. The van der Waals surface area contributed by atoms with Crippen molar-refractivity contribution in [3.63, 3.8) is 0 Å². The molecule has 0 saturated heterocycles. The number of pyridine rings is 1. The fourth-order valence-corrected chi connectivity index (χ4v) is 2.15. The summed E-state index contributed by atoms with van der Waals surface area (Å²) in [7, 11) is 0. The van der Waals surface area contributed by atoms with E-state index in [-0.39, 0.29) is 5.38 Å². The third-order valence-electron chi connectivity index (χ3n) is 3.02. The van der Waals surface area contributed by atoms with Crippen molar-refractivity contribution >= 4 is 22.6 Å². The highest BCUT2D eigenvalue weighted by atomic mass is 35.5. The molecule has 1 unspecified atom stereocenters. The Hall–Kier alpha value is -1.09. The second-order valence-electron chi connectivity index (χ2n) is 5.91. The normalized spacial score (nSPS) is 14.1. The maximum atomic E-state index is 6.23. The molecule has 0 N–H and O–H groups in total. The fourth-order valence-electron chi connectivity index (χ4n) is 1.99. The first kappa shape index (κ1) is 13.3. The number of hydrogen-bond donors (Lipinski definition) is 0. The minimum Gasteiger partial charge on any atom is -0.327 e. The molecule has 0 radical (unpaired) electrons. The number of rotatable bonds is 3. The first-order valence-corrected chi connectivity index (χ1v) is 6.76. The monoisotopic (exact) mass is 265 g/mol. The van der Waals surface area contributed by atoms with E-state index < -0.39 is 0 Å². The number of aromatic nitrogens is 3. The molecule has 0 spiro atoms. The third-order valence-corrected chi connectivity index (χ3v) is 3.22. The number of halogens is 1. The van der Waals surface area contributed by atoms with E-state index in [9.17, 15) is 0 Å². The molecule has 2 rings (SSSR count). The van der Waals surface area contributed by atoms with Gasteiger partial charge in [-0.3, -0.25) is 4.98 Å². The van der Waals surface area contributed by atoms with Crippen LogP contribution in [0.25, 0.3) is 11.0 Å². The Kier molecular flexibility index (Phi) is 3.62. The lowest BCUT2D eigenvalue weighted by Gasteiger charge is -2.20. The molecular weight excluding hydrogens is 246 g/mol. The molecule has 0 bridgehead atoms. The van der Waals surface area contributed by atoms with Gasteiger partial charge in [0.15, 0.2) is 0 Å². The summed E-state index contributed by atoms with van der Waals surface area (Å²) in [5.41, 5.74) is 2.35. The third kappa shape index (κ3) is 2.83. The highest BCUT2D eigenvalue weighted by molar-refractivity contribution is 6.20. The number of fused-ring (bicyclic) bond motifs is 1. The largest absolute Gasteiger partial charge is 0.327 e. The molecule has 18 heavy (non-hydrogen) atoms. The molecular formula is C14H20ClN3. The van der Waals surface area contributed by atoms with Crippen LogP contribution in [0.1, 0.15) is 45.3 Å². The van der Waals surface area contributed by atoms with Crippen molar-refractivity contribution < 1.29 is 0 Å². The van der Waals surface area contributed by atoms with Crippen LogP contribution in [0.2, 0.25) is 0 Å². The highest BCUT2D eigenvalue weighted by Crippen LogP contribution is 2.27. The molecule has 0 aliphatic rings. The lowest BCUT2D eigenvalue weighted by Crippen LogP contribution is -2.12. The van der Waals surface area contributed by atoms with Crippen LogP contribution >= 0.6 is 11.6 Å². The predicted octanol–water partition coefficient (Wildman–Crippen LogP) is 4.17. The zero-order chi connectivity index (χ0) is 13.3. The zero-order valence-electron chi connectivity index (χ0n) is 11.4. The van der Waals surface area contributed by atoms with Crippen LogP contribution in [-0.4, -0.2) is 14.5 Å². The van der Waals surface area contributed by atoms with Gasteiger partial charge in [-0.2, -0.15) is 0 Å². The molecule has 4 heteroatoms.